The molecule has 0 aliphatic carbocycles. The van der Waals surface area contributed by atoms with Gasteiger partial charge in [-0.1, -0.05) is 24.3 Å². The summed E-state index contributed by atoms with van der Waals surface area (Å²) < 4.78 is 5.42. The lowest BCUT2D eigenvalue weighted by atomic mass is 10.1. The highest BCUT2D eigenvalue weighted by Crippen LogP contribution is 2.22. The van der Waals surface area contributed by atoms with E-state index in [1.807, 2.05) is 46.7 Å². The van der Waals surface area contributed by atoms with E-state index in [0.29, 0.717) is 18.7 Å². The van der Waals surface area contributed by atoms with E-state index in [9.17, 15) is 4.79 Å². The third kappa shape index (κ3) is 3.81. The molecule has 0 radical (unpaired) electrons. The van der Waals surface area contributed by atoms with E-state index in [4.69, 9.17) is 4.74 Å². The Kier molecular flexibility index (Phi) is 5.23. The number of thiophene rings is 1. The maximum Gasteiger partial charge on any atom is 0.254 e. The zero-order chi connectivity index (χ0) is 16.8. The van der Waals surface area contributed by atoms with Gasteiger partial charge < -0.3 is 9.64 Å². The number of hydrogen-bond acceptors (Lipinski definition) is 4. The molecule has 4 nitrogen and oxygen atoms in total. The van der Waals surface area contributed by atoms with E-state index >= 15 is 0 Å². The standard InChI is InChI=1S/C19H18N2O2S/c1-23-18-7-3-2-5-16(18)13-21(14-17-6-4-12-24-17)19(22)15-8-10-20-11-9-15/h2-12H,13-14H2,1H3. The average molecular weight is 338 g/mol. The minimum absolute atomic E-state index is 0.0169. The lowest BCUT2D eigenvalue weighted by Gasteiger charge is -2.23. The quantitative estimate of drug-likeness (QED) is 0.682. The molecule has 5 heteroatoms. The highest BCUT2D eigenvalue weighted by Gasteiger charge is 2.18. The molecule has 0 fully saturated rings. The number of hydrogen-bond donors (Lipinski definition) is 0. The number of ether oxygens (including phenoxy) is 1. The number of nitrogens with zero attached hydrogens (tertiary/aromatic N) is 2. The number of aromatic nitrogens is 1. The number of amides is 1. The lowest BCUT2D eigenvalue weighted by Crippen LogP contribution is -2.30. The van der Waals surface area contributed by atoms with Crippen molar-refractivity contribution in [3.8, 4) is 5.75 Å². The number of para-hydroxylation sites is 1. The third-order valence-electron chi connectivity index (χ3n) is 3.70. The highest BCUT2D eigenvalue weighted by molar-refractivity contribution is 7.09. The van der Waals surface area contributed by atoms with Crippen molar-refractivity contribution >= 4 is 17.2 Å². The van der Waals surface area contributed by atoms with E-state index in [-0.39, 0.29) is 5.91 Å². The smallest absolute Gasteiger partial charge is 0.254 e. The third-order valence-corrected chi connectivity index (χ3v) is 4.56. The predicted molar refractivity (Wildman–Crippen MR) is 95.1 cm³/mol. The molecule has 3 aromatic rings. The summed E-state index contributed by atoms with van der Waals surface area (Å²) in [7, 11) is 1.65. The molecule has 0 saturated heterocycles. The molecule has 0 atom stereocenters. The van der Waals surface area contributed by atoms with Crippen LogP contribution < -0.4 is 4.74 Å². The maximum absolute atomic E-state index is 12.9. The van der Waals surface area contributed by atoms with Crippen molar-refractivity contribution in [2.45, 2.75) is 13.1 Å². The zero-order valence-corrected chi connectivity index (χ0v) is 14.2. The van der Waals surface area contributed by atoms with Gasteiger partial charge in [0.05, 0.1) is 20.2 Å². The van der Waals surface area contributed by atoms with Crippen LogP contribution in [-0.4, -0.2) is 22.9 Å². The number of carbonyl (C=O) groups excluding carboxylic acids is 1. The van der Waals surface area contributed by atoms with Crippen molar-refractivity contribution in [3.05, 3.63) is 82.3 Å². The number of rotatable bonds is 6. The van der Waals surface area contributed by atoms with Crippen LogP contribution in [0.1, 0.15) is 20.8 Å². The van der Waals surface area contributed by atoms with Crippen molar-refractivity contribution in [3.63, 3.8) is 0 Å². The Morgan fingerprint density at radius 2 is 1.88 bits per heavy atom. The zero-order valence-electron chi connectivity index (χ0n) is 13.4. The second kappa shape index (κ2) is 7.75. The molecule has 1 aromatic carbocycles. The van der Waals surface area contributed by atoms with Crippen LogP contribution >= 0.6 is 11.3 Å². The summed E-state index contributed by atoms with van der Waals surface area (Å²) in [5.74, 6) is 0.771. The summed E-state index contributed by atoms with van der Waals surface area (Å²) in [6.07, 6.45) is 3.28. The number of benzene rings is 1. The van der Waals surface area contributed by atoms with Crippen molar-refractivity contribution in [1.82, 2.24) is 9.88 Å². The normalized spacial score (nSPS) is 10.4. The van der Waals surface area contributed by atoms with Crippen molar-refractivity contribution in [1.29, 1.82) is 0 Å². The second-order valence-electron chi connectivity index (χ2n) is 5.29. The van der Waals surface area contributed by atoms with Gasteiger partial charge in [0, 0.05) is 28.4 Å². The molecule has 0 saturated carbocycles. The van der Waals surface area contributed by atoms with Gasteiger partial charge in [-0.2, -0.15) is 0 Å². The number of methoxy groups -OCH3 is 1. The van der Waals surface area contributed by atoms with Crippen LogP contribution in [0.4, 0.5) is 0 Å². The van der Waals surface area contributed by atoms with Crippen molar-refractivity contribution in [2.24, 2.45) is 0 Å². The van der Waals surface area contributed by atoms with Crippen LogP contribution in [-0.2, 0) is 13.1 Å². The van der Waals surface area contributed by atoms with Gasteiger partial charge in [0.15, 0.2) is 0 Å². The Bertz CT molecular complexity index is 788. The Balaban J connectivity index is 1.88. The Labute approximate surface area is 145 Å². The van der Waals surface area contributed by atoms with Crippen LogP contribution in [0.25, 0.3) is 0 Å². The molecule has 24 heavy (non-hydrogen) atoms. The summed E-state index contributed by atoms with van der Waals surface area (Å²) >= 11 is 1.65. The van der Waals surface area contributed by atoms with Gasteiger partial charge in [0.1, 0.15) is 5.75 Å². The first-order valence-electron chi connectivity index (χ1n) is 7.61. The largest absolute Gasteiger partial charge is 0.496 e. The SMILES string of the molecule is COc1ccccc1CN(Cc1cccs1)C(=O)c1ccncc1. The minimum Gasteiger partial charge on any atom is -0.496 e. The lowest BCUT2D eigenvalue weighted by molar-refractivity contribution is 0.0730. The fourth-order valence-electron chi connectivity index (χ4n) is 2.51. The topological polar surface area (TPSA) is 42.4 Å². The molecule has 2 heterocycles. The predicted octanol–water partition coefficient (Wildman–Crippen LogP) is 3.99. The fourth-order valence-corrected chi connectivity index (χ4v) is 3.23. The van der Waals surface area contributed by atoms with Gasteiger partial charge >= 0.3 is 0 Å². The molecule has 0 aliphatic heterocycles. The highest BCUT2D eigenvalue weighted by atomic mass is 32.1. The molecule has 2 aromatic heterocycles. The monoisotopic (exact) mass is 338 g/mol. The van der Waals surface area contributed by atoms with E-state index in [0.717, 1.165) is 16.2 Å². The van der Waals surface area contributed by atoms with Gasteiger partial charge in [-0.15, -0.1) is 11.3 Å². The molecule has 3 rings (SSSR count). The van der Waals surface area contributed by atoms with E-state index < -0.39 is 0 Å². The molecular weight excluding hydrogens is 320 g/mol. The molecule has 1 amide bonds. The van der Waals surface area contributed by atoms with Gasteiger partial charge in [-0.25, -0.2) is 0 Å². The van der Waals surface area contributed by atoms with Crippen molar-refractivity contribution < 1.29 is 9.53 Å². The minimum atomic E-state index is -0.0169. The van der Waals surface area contributed by atoms with Gasteiger partial charge in [0.25, 0.3) is 5.91 Å². The molecule has 0 unspecified atom stereocenters. The van der Waals surface area contributed by atoms with E-state index in [2.05, 4.69) is 4.98 Å². The first-order valence-corrected chi connectivity index (χ1v) is 8.49. The first-order chi connectivity index (χ1) is 11.8. The van der Waals surface area contributed by atoms with Gasteiger partial charge in [0.2, 0.25) is 0 Å². The summed E-state index contributed by atoms with van der Waals surface area (Å²) in [4.78, 5) is 19.9. The molecule has 0 bridgehead atoms. The Morgan fingerprint density at radius 1 is 1.08 bits per heavy atom. The molecule has 0 aliphatic rings. The van der Waals surface area contributed by atoms with Crippen LogP contribution in [0.2, 0.25) is 0 Å². The Hall–Kier alpha value is -2.66. The fraction of sp³-hybridized carbons (Fsp3) is 0.158. The summed E-state index contributed by atoms with van der Waals surface area (Å²) in [5.41, 5.74) is 1.62. The van der Waals surface area contributed by atoms with Crippen molar-refractivity contribution in [2.75, 3.05) is 7.11 Å². The van der Waals surface area contributed by atoms with Gasteiger partial charge in [-0.05, 0) is 29.6 Å². The first kappa shape index (κ1) is 16.2. The summed E-state index contributed by atoms with van der Waals surface area (Å²) in [6.45, 7) is 1.06. The number of pyridine rings is 1. The molecule has 122 valence electrons. The van der Waals surface area contributed by atoms with E-state index in [1.54, 1.807) is 43.0 Å². The van der Waals surface area contributed by atoms with Crippen LogP contribution in [0, 0.1) is 0 Å². The summed E-state index contributed by atoms with van der Waals surface area (Å²) in [5, 5.41) is 2.02. The average Bonchev–Trinajstić information content (AvgIpc) is 3.15. The molecule has 0 N–H and O–H groups in total. The van der Waals surface area contributed by atoms with Crippen LogP contribution in [0.3, 0.4) is 0 Å². The number of carbonyl (C=O) groups is 1. The van der Waals surface area contributed by atoms with Crippen LogP contribution in [0.5, 0.6) is 5.75 Å². The molecule has 0 spiro atoms. The molecular formula is C19H18N2O2S. The Morgan fingerprint density at radius 3 is 2.58 bits per heavy atom. The maximum atomic E-state index is 12.9. The van der Waals surface area contributed by atoms with E-state index in [1.165, 1.54) is 0 Å². The van der Waals surface area contributed by atoms with Crippen LogP contribution in [0.15, 0.2) is 66.3 Å². The summed E-state index contributed by atoms with van der Waals surface area (Å²) in [6, 6.07) is 15.3. The second-order valence-corrected chi connectivity index (χ2v) is 6.32. The van der Waals surface area contributed by atoms with Gasteiger partial charge in [-0.3, -0.25) is 9.78 Å².